The minimum Gasteiger partial charge on any atom is -0.508 e. The summed E-state index contributed by atoms with van der Waals surface area (Å²) in [6.45, 7) is 5.01. The van der Waals surface area contributed by atoms with Gasteiger partial charge in [-0.05, 0) is 50.1 Å². The van der Waals surface area contributed by atoms with Crippen LogP contribution >= 0.6 is 0 Å². The number of carbonyl (C=O) groups excluding carboxylic acids is 3. The maximum atomic E-state index is 14.1. The van der Waals surface area contributed by atoms with Crippen LogP contribution in [-0.4, -0.2) is 64.7 Å². The van der Waals surface area contributed by atoms with Crippen LogP contribution < -0.4 is 5.32 Å². The lowest BCUT2D eigenvalue weighted by molar-refractivity contribution is -0.387. The first-order chi connectivity index (χ1) is 17.2. The van der Waals surface area contributed by atoms with Crippen molar-refractivity contribution in [2.24, 2.45) is 0 Å². The van der Waals surface area contributed by atoms with Crippen molar-refractivity contribution in [3.8, 4) is 5.75 Å². The van der Waals surface area contributed by atoms with Gasteiger partial charge in [0.2, 0.25) is 11.7 Å². The lowest BCUT2D eigenvalue weighted by Gasteiger charge is -2.31. The number of carbonyl (C=O) groups is 3. The molecule has 2 amide bonds. The summed E-state index contributed by atoms with van der Waals surface area (Å²) in [5, 5.41) is 23.0. The number of benzene rings is 2. The molecule has 0 unspecified atom stereocenters. The Morgan fingerprint density at radius 3 is 2.22 bits per heavy atom. The Hall–Kier alpha value is -4.22. The second-order valence-corrected chi connectivity index (χ2v) is 9.31. The molecule has 12 heteroatoms. The number of phenols is 1. The first kappa shape index (κ1) is 29.0. The summed E-state index contributed by atoms with van der Waals surface area (Å²) in [4.78, 5) is 49.7. The molecule has 0 aliphatic heterocycles. The first-order valence-corrected chi connectivity index (χ1v) is 11.3. The Morgan fingerprint density at radius 1 is 1.11 bits per heavy atom. The molecular formula is C25H30FN3O8. The monoisotopic (exact) mass is 519 g/mol. The smallest absolute Gasteiger partial charge is 0.410 e. The number of nitro groups is 1. The number of methoxy groups -OCH3 is 1. The fourth-order valence-electron chi connectivity index (χ4n) is 3.39. The summed E-state index contributed by atoms with van der Waals surface area (Å²) in [6, 6.07) is 6.73. The van der Waals surface area contributed by atoms with Gasteiger partial charge in [-0.1, -0.05) is 18.2 Å². The summed E-state index contributed by atoms with van der Waals surface area (Å²) >= 11 is 0. The van der Waals surface area contributed by atoms with Crippen molar-refractivity contribution in [3.63, 3.8) is 0 Å². The summed E-state index contributed by atoms with van der Waals surface area (Å²) in [5.41, 5.74) is -0.746. The number of nitro benzene ring substituents is 1. The molecule has 200 valence electrons. The number of nitrogens with zero attached hydrogens (tertiary/aromatic N) is 2. The van der Waals surface area contributed by atoms with E-state index in [1.165, 1.54) is 25.2 Å². The summed E-state index contributed by atoms with van der Waals surface area (Å²) in [7, 11) is 2.48. The average molecular weight is 520 g/mol. The van der Waals surface area contributed by atoms with Crippen LogP contribution in [0.5, 0.6) is 5.75 Å². The number of amides is 2. The number of hydrogen-bond donors (Lipinski definition) is 2. The van der Waals surface area contributed by atoms with E-state index in [0.29, 0.717) is 5.56 Å². The Balaban J connectivity index is 2.33. The predicted octanol–water partition coefficient (Wildman–Crippen LogP) is 3.12. The maximum absolute atomic E-state index is 14.1. The second-order valence-electron chi connectivity index (χ2n) is 9.31. The number of esters is 1. The predicted molar refractivity (Wildman–Crippen MR) is 130 cm³/mol. The van der Waals surface area contributed by atoms with E-state index < -0.39 is 52.1 Å². The average Bonchev–Trinajstić information content (AvgIpc) is 2.80. The van der Waals surface area contributed by atoms with Crippen LogP contribution in [0.1, 0.15) is 31.9 Å². The molecule has 2 N–H and O–H groups in total. The zero-order chi connectivity index (χ0) is 27.9. The normalized spacial score (nSPS) is 12.7. The molecule has 2 aromatic carbocycles. The molecule has 2 rings (SSSR count). The zero-order valence-corrected chi connectivity index (χ0v) is 21.2. The van der Waals surface area contributed by atoms with E-state index in [4.69, 9.17) is 9.47 Å². The van der Waals surface area contributed by atoms with Crippen LogP contribution in [-0.2, 0) is 31.9 Å². The molecule has 0 saturated carbocycles. The second kappa shape index (κ2) is 12.2. The minimum absolute atomic E-state index is 0.0158. The van der Waals surface area contributed by atoms with Crippen molar-refractivity contribution in [1.29, 1.82) is 0 Å². The van der Waals surface area contributed by atoms with E-state index in [0.717, 1.165) is 24.1 Å². The van der Waals surface area contributed by atoms with Crippen LogP contribution in [0.25, 0.3) is 0 Å². The van der Waals surface area contributed by atoms with E-state index in [1.54, 1.807) is 32.9 Å². The van der Waals surface area contributed by atoms with Gasteiger partial charge in [0.15, 0.2) is 0 Å². The summed E-state index contributed by atoms with van der Waals surface area (Å²) < 4.78 is 24.3. The number of phenolic OH excluding ortho intramolecular Hbond substituents is 1. The SMILES string of the molecule is COC(=O)[C@@H](Cc1ccc([N+](=O)[O-])c(F)c1)NC(=O)[C@@H](Cc1ccc(O)cc1)N(C)C(=O)OC(C)(C)C. The van der Waals surface area contributed by atoms with Gasteiger partial charge >= 0.3 is 17.7 Å². The maximum Gasteiger partial charge on any atom is 0.410 e. The number of ether oxygens (including phenoxy) is 2. The lowest BCUT2D eigenvalue weighted by Crippen LogP contribution is -2.54. The lowest BCUT2D eigenvalue weighted by atomic mass is 10.0. The number of rotatable bonds is 9. The Kier molecular flexibility index (Phi) is 9.53. The third-order valence-corrected chi connectivity index (χ3v) is 5.27. The highest BCUT2D eigenvalue weighted by molar-refractivity contribution is 5.90. The molecule has 0 saturated heterocycles. The first-order valence-electron chi connectivity index (χ1n) is 11.3. The van der Waals surface area contributed by atoms with Crippen molar-refractivity contribution in [2.75, 3.05) is 14.2 Å². The van der Waals surface area contributed by atoms with Crippen molar-refractivity contribution in [1.82, 2.24) is 10.2 Å². The quantitative estimate of drug-likeness (QED) is 0.292. The van der Waals surface area contributed by atoms with E-state index in [2.05, 4.69) is 5.32 Å². The summed E-state index contributed by atoms with van der Waals surface area (Å²) in [5.74, 6) is -2.63. The number of hydrogen-bond acceptors (Lipinski definition) is 8. The Bertz CT molecular complexity index is 1150. The topological polar surface area (TPSA) is 148 Å². The number of likely N-dealkylation sites (N-methyl/N-ethyl adjacent to an activating group) is 1. The van der Waals surface area contributed by atoms with Gasteiger partial charge < -0.3 is 19.9 Å². The molecule has 0 aliphatic rings. The Morgan fingerprint density at radius 2 is 1.70 bits per heavy atom. The molecule has 0 spiro atoms. The molecule has 0 bridgehead atoms. The van der Waals surface area contributed by atoms with Crippen molar-refractivity contribution in [2.45, 2.75) is 51.3 Å². The van der Waals surface area contributed by atoms with Crippen LogP contribution in [0.15, 0.2) is 42.5 Å². The number of halogens is 1. The highest BCUT2D eigenvalue weighted by Crippen LogP contribution is 2.20. The standard InChI is InChI=1S/C25H30FN3O8/c1-25(2,3)37-24(33)28(4)21(14-15-6-9-17(30)10-7-15)22(31)27-19(23(32)36-5)13-16-8-11-20(29(34)35)18(26)12-16/h6-12,19,21,30H,13-14H2,1-5H3,(H,27,31)/t19-,21-/m1/s1. The molecular weight excluding hydrogens is 489 g/mol. The van der Waals surface area contributed by atoms with Crippen LogP contribution in [0, 0.1) is 15.9 Å². The fourth-order valence-corrected chi connectivity index (χ4v) is 3.39. The number of aromatic hydroxyl groups is 1. The van der Waals surface area contributed by atoms with E-state index in [-0.39, 0.29) is 24.2 Å². The fraction of sp³-hybridized carbons (Fsp3) is 0.400. The number of nitrogens with one attached hydrogen (secondary N) is 1. The Labute approximate surface area is 213 Å². The highest BCUT2D eigenvalue weighted by atomic mass is 19.1. The third kappa shape index (κ3) is 8.44. The van der Waals surface area contributed by atoms with Crippen molar-refractivity contribution < 1.29 is 38.3 Å². The van der Waals surface area contributed by atoms with Crippen LogP contribution in [0.4, 0.5) is 14.9 Å². The third-order valence-electron chi connectivity index (χ3n) is 5.27. The van der Waals surface area contributed by atoms with Gasteiger partial charge in [0.1, 0.15) is 23.4 Å². The molecule has 11 nitrogen and oxygen atoms in total. The highest BCUT2D eigenvalue weighted by Gasteiger charge is 2.33. The van der Waals surface area contributed by atoms with Gasteiger partial charge in [-0.15, -0.1) is 0 Å². The molecule has 0 aromatic heterocycles. The molecule has 0 aliphatic carbocycles. The van der Waals surface area contributed by atoms with Gasteiger partial charge in [0, 0.05) is 26.0 Å². The van der Waals surface area contributed by atoms with Gasteiger partial charge in [-0.25, -0.2) is 9.59 Å². The van der Waals surface area contributed by atoms with E-state index in [9.17, 15) is 34.0 Å². The minimum atomic E-state index is -1.28. The van der Waals surface area contributed by atoms with Crippen LogP contribution in [0.2, 0.25) is 0 Å². The van der Waals surface area contributed by atoms with Gasteiger partial charge in [0.25, 0.3) is 0 Å². The van der Waals surface area contributed by atoms with E-state index in [1.807, 2.05) is 0 Å². The molecule has 2 atom stereocenters. The van der Waals surface area contributed by atoms with Gasteiger partial charge in [-0.2, -0.15) is 4.39 Å². The van der Waals surface area contributed by atoms with Gasteiger partial charge in [-0.3, -0.25) is 19.8 Å². The molecule has 0 radical (unpaired) electrons. The largest absolute Gasteiger partial charge is 0.508 e. The van der Waals surface area contributed by atoms with Crippen LogP contribution in [0.3, 0.4) is 0 Å². The molecule has 37 heavy (non-hydrogen) atoms. The molecule has 0 heterocycles. The van der Waals surface area contributed by atoms with E-state index >= 15 is 0 Å². The van der Waals surface area contributed by atoms with Crippen molar-refractivity contribution in [3.05, 3.63) is 69.5 Å². The summed E-state index contributed by atoms with van der Waals surface area (Å²) in [6.07, 6.45) is -0.990. The zero-order valence-electron chi connectivity index (χ0n) is 21.2. The van der Waals surface area contributed by atoms with Gasteiger partial charge in [0.05, 0.1) is 12.0 Å². The van der Waals surface area contributed by atoms with Crippen molar-refractivity contribution >= 4 is 23.7 Å². The molecule has 0 fully saturated rings. The molecule has 2 aromatic rings.